The molecule has 0 spiro atoms. The number of benzene rings is 1. The van der Waals surface area contributed by atoms with Gasteiger partial charge in [0.15, 0.2) is 0 Å². The molecule has 4 heteroatoms. The van der Waals surface area contributed by atoms with Crippen LogP contribution in [0.4, 0.5) is 0 Å². The number of nitrogens with zero attached hydrogens (tertiary/aromatic N) is 2. The lowest BCUT2D eigenvalue weighted by Gasteiger charge is -2.13. The van der Waals surface area contributed by atoms with Crippen molar-refractivity contribution in [2.24, 2.45) is 0 Å². The van der Waals surface area contributed by atoms with Crippen molar-refractivity contribution in [1.29, 1.82) is 0 Å². The quantitative estimate of drug-likeness (QED) is 0.875. The minimum Gasteiger partial charge on any atom is -0.310 e. The zero-order chi connectivity index (χ0) is 13.9. The maximum atomic E-state index is 6.19. The average Bonchev–Trinajstić information content (AvgIpc) is 3.16. The molecule has 1 heterocycles. The number of nitrogens with one attached hydrogen (secondary N) is 1. The fourth-order valence-electron chi connectivity index (χ4n) is 2.43. The summed E-state index contributed by atoms with van der Waals surface area (Å²) in [6, 6.07) is 8.92. The average molecular weight is 290 g/mol. The van der Waals surface area contributed by atoms with Crippen LogP contribution < -0.4 is 5.32 Å². The second-order valence-electron chi connectivity index (χ2n) is 5.40. The lowest BCUT2D eigenvalue weighted by molar-refractivity contribution is 0.608. The van der Waals surface area contributed by atoms with Crippen molar-refractivity contribution < 1.29 is 0 Å². The minimum absolute atomic E-state index is 0.707. The van der Waals surface area contributed by atoms with E-state index in [0.29, 0.717) is 6.04 Å². The van der Waals surface area contributed by atoms with Crippen LogP contribution in [0.5, 0.6) is 0 Å². The smallest absolute Gasteiger partial charge is 0.0685 e. The summed E-state index contributed by atoms with van der Waals surface area (Å²) < 4.78 is 2.06. The molecule has 0 amide bonds. The molecule has 1 aromatic heterocycles. The van der Waals surface area contributed by atoms with E-state index in [2.05, 4.69) is 40.2 Å². The van der Waals surface area contributed by atoms with Crippen molar-refractivity contribution in [2.45, 2.75) is 45.3 Å². The molecule has 0 aliphatic heterocycles. The summed E-state index contributed by atoms with van der Waals surface area (Å²) in [5.74, 6) is 0. The van der Waals surface area contributed by atoms with Gasteiger partial charge in [-0.25, -0.2) is 0 Å². The van der Waals surface area contributed by atoms with Crippen molar-refractivity contribution in [3.05, 3.63) is 41.0 Å². The van der Waals surface area contributed by atoms with Crippen LogP contribution in [0.25, 0.3) is 11.3 Å². The van der Waals surface area contributed by atoms with Gasteiger partial charge < -0.3 is 5.32 Å². The Bertz CT molecular complexity index is 587. The van der Waals surface area contributed by atoms with Crippen LogP contribution in [-0.4, -0.2) is 15.8 Å². The van der Waals surface area contributed by atoms with Crippen LogP contribution >= 0.6 is 11.6 Å². The van der Waals surface area contributed by atoms with Gasteiger partial charge in [0, 0.05) is 35.9 Å². The fourth-order valence-corrected chi connectivity index (χ4v) is 2.61. The molecule has 2 aromatic rings. The van der Waals surface area contributed by atoms with Crippen LogP contribution in [0, 0.1) is 0 Å². The van der Waals surface area contributed by atoms with Crippen LogP contribution in [-0.2, 0) is 13.1 Å². The van der Waals surface area contributed by atoms with Gasteiger partial charge in [-0.05, 0) is 43.0 Å². The van der Waals surface area contributed by atoms with Gasteiger partial charge in [-0.15, -0.1) is 0 Å². The molecule has 1 saturated carbocycles. The predicted molar refractivity (Wildman–Crippen MR) is 82.8 cm³/mol. The highest BCUT2D eigenvalue weighted by atomic mass is 35.5. The molecule has 1 aromatic carbocycles. The molecule has 1 fully saturated rings. The van der Waals surface area contributed by atoms with Gasteiger partial charge >= 0.3 is 0 Å². The van der Waals surface area contributed by atoms with Gasteiger partial charge in [-0.2, -0.15) is 5.10 Å². The third kappa shape index (κ3) is 3.05. The topological polar surface area (TPSA) is 29.9 Å². The van der Waals surface area contributed by atoms with Crippen molar-refractivity contribution in [3.63, 3.8) is 0 Å². The number of aromatic nitrogens is 2. The summed E-state index contributed by atoms with van der Waals surface area (Å²) >= 11 is 6.19. The Morgan fingerprint density at radius 2 is 2.20 bits per heavy atom. The van der Waals surface area contributed by atoms with Gasteiger partial charge in [-0.1, -0.05) is 24.6 Å². The van der Waals surface area contributed by atoms with E-state index >= 15 is 0 Å². The van der Waals surface area contributed by atoms with Gasteiger partial charge in [0.05, 0.1) is 5.69 Å². The zero-order valence-electron chi connectivity index (χ0n) is 11.8. The maximum Gasteiger partial charge on any atom is 0.0685 e. The molecule has 0 saturated heterocycles. The largest absolute Gasteiger partial charge is 0.310 e. The summed E-state index contributed by atoms with van der Waals surface area (Å²) in [6.45, 7) is 4.00. The second kappa shape index (κ2) is 5.98. The Kier molecular flexibility index (Phi) is 4.08. The third-order valence-electron chi connectivity index (χ3n) is 3.66. The molecule has 1 aliphatic carbocycles. The van der Waals surface area contributed by atoms with Crippen LogP contribution in [0.3, 0.4) is 0 Å². The number of aryl methyl sites for hydroxylation is 1. The molecule has 3 rings (SSSR count). The summed E-state index contributed by atoms with van der Waals surface area (Å²) in [5.41, 5.74) is 3.64. The van der Waals surface area contributed by atoms with Gasteiger partial charge in [0.2, 0.25) is 0 Å². The lowest BCUT2D eigenvalue weighted by atomic mass is 10.0. The Morgan fingerprint density at radius 3 is 2.95 bits per heavy atom. The van der Waals surface area contributed by atoms with Crippen molar-refractivity contribution in [2.75, 3.05) is 0 Å². The number of hydrogen-bond donors (Lipinski definition) is 1. The SMILES string of the molecule is CCCn1nccc1-c1cc(Cl)ccc1CNC1CC1. The van der Waals surface area contributed by atoms with Crippen molar-refractivity contribution in [1.82, 2.24) is 15.1 Å². The standard InChI is InChI=1S/C16H20ClN3/c1-2-9-20-16(7-8-19-20)15-10-13(17)4-3-12(15)11-18-14-5-6-14/h3-4,7-8,10,14,18H,2,5-6,9,11H2,1H3. The highest BCUT2D eigenvalue weighted by Gasteiger charge is 2.21. The Balaban J connectivity index is 1.92. The first-order valence-corrected chi connectivity index (χ1v) is 7.69. The molecule has 1 N–H and O–H groups in total. The van der Waals surface area contributed by atoms with Gasteiger partial charge in [-0.3, -0.25) is 4.68 Å². The van der Waals surface area contributed by atoms with Gasteiger partial charge in [0.25, 0.3) is 0 Å². The van der Waals surface area contributed by atoms with Crippen LogP contribution in [0.1, 0.15) is 31.7 Å². The minimum atomic E-state index is 0.707. The van der Waals surface area contributed by atoms with E-state index in [1.165, 1.54) is 24.0 Å². The Labute approximate surface area is 124 Å². The van der Waals surface area contributed by atoms with E-state index in [4.69, 9.17) is 11.6 Å². The zero-order valence-corrected chi connectivity index (χ0v) is 12.5. The Hall–Kier alpha value is -1.32. The highest BCUT2D eigenvalue weighted by Crippen LogP contribution is 2.28. The molecule has 0 atom stereocenters. The van der Waals surface area contributed by atoms with Crippen LogP contribution in [0.2, 0.25) is 5.02 Å². The number of rotatable bonds is 6. The van der Waals surface area contributed by atoms with Crippen molar-refractivity contribution >= 4 is 11.6 Å². The first-order valence-electron chi connectivity index (χ1n) is 7.32. The molecule has 0 bridgehead atoms. The van der Waals surface area contributed by atoms with E-state index in [0.717, 1.165) is 30.2 Å². The summed E-state index contributed by atoms with van der Waals surface area (Å²) in [7, 11) is 0. The predicted octanol–water partition coefficient (Wildman–Crippen LogP) is 3.87. The Morgan fingerprint density at radius 1 is 1.35 bits per heavy atom. The maximum absolute atomic E-state index is 6.19. The molecule has 20 heavy (non-hydrogen) atoms. The molecular weight excluding hydrogens is 270 g/mol. The van der Waals surface area contributed by atoms with E-state index in [9.17, 15) is 0 Å². The highest BCUT2D eigenvalue weighted by molar-refractivity contribution is 6.30. The van der Waals surface area contributed by atoms with E-state index in [-0.39, 0.29) is 0 Å². The molecule has 106 valence electrons. The molecule has 1 aliphatic rings. The first kappa shape index (κ1) is 13.7. The first-order chi connectivity index (χ1) is 9.78. The van der Waals surface area contributed by atoms with Gasteiger partial charge in [0.1, 0.15) is 0 Å². The normalized spacial score (nSPS) is 14.7. The summed E-state index contributed by atoms with van der Waals surface area (Å²) in [4.78, 5) is 0. The summed E-state index contributed by atoms with van der Waals surface area (Å²) in [6.07, 6.45) is 5.54. The molecule has 3 nitrogen and oxygen atoms in total. The van der Waals surface area contributed by atoms with Crippen LogP contribution in [0.15, 0.2) is 30.5 Å². The third-order valence-corrected chi connectivity index (χ3v) is 3.89. The number of hydrogen-bond acceptors (Lipinski definition) is 2. The van der Waals surface area contributed by atoms with E-state index in [1.807, 2.05) is 12.3 Å². The lowest BCUT2D eigenvalue weighted by Crippen LogP contribution is -2.16. The van der Waals surface area contributed by atoms with E-state index < -0.39 is 0 Å². The molecular formula is C16H20ClN3. The monoisotopic (exact) mass is 289 g/mol. The summed E-state index contributed by atoms with van der Waals surface area (Å²) in [5, 5.41) is 8.76. The van der Waals surface area contributed by atoms with Crippen molar-refractivity contribution in [3.8, 4) is 11.3 Å². The molecule has 0 unspecified atom stereocenters. The second-order valence-corrected chi connectivity index (χ2v) is 5.83. The molecule has 0 radical (unpaired) electrons. The van der Waals surface area contributed by atoms with E-state index in [1.54, 1.807) is 0 Å². The fraction of sp³-hybridized carbons (Fsp3) is 0.438. The number of halogens is 1.